The smallest absolute Gasteiger partial charge is 0.235 e. The van der Waals surface area contributed by atoms with Crippen molar-refractivity contribution in [3.05, 3.63) is 52.0 Å². The maximum atomic E-state index is 12.8. The molecule has 2 aromatic carbocycles. The molecule has 1 amide bonds. The Hall–Kier alpha value is -1.91. The second-order valence-corrected chi connectivity index (χ2v) is 6.86. The minimum atomic E-state index is -0.529. The van der Waals surface area contributed by atoms with E-state index in [-0.39, 0.29) is 5.91 Å². The summed E-state index contributed by atoms with van der Waals surface area (Å²) >= 11 is 12.0. The zero-order valence-electron chi connectivity index (χ0n) is 12.8. The molecule has 4 rings (SSSR count). The van der Waals surface area contributed by atoms with E-state index in [1.807, 2.05) is 18.2 Å². The normalized spacial score (nSPS) is 17.2. The predicted octanol–water partition coefficient (Wildman–Crippen LogP) is 4.43. The third-order valence-corrected chi connectivity index (χ3v) is 5.01. The lowest BCUT2D eigenvalue weighted by molar-refractivity contribution is -0.118. The third-order valence-electron chi connectivity index (χ3n) is 4.46. The number of benzene rings is 2. The second kappa shape index (κ2) is 5.87. The minimum Gasteiger partial charge on any atom is -0.486 e. The van der Waals surface area contributed by atoms with Crippen LogP contribution in [0.1, 0.15) is 18.4 Å². The molecule has 1 fully saturated rings. The number of fused-ring (bicyclic) bond motifs is 1. The van der Waals surface area contributed by atoms with Crippen LogP contribution in [0.25, 0.3) is 0 Å². The number of amides is 1. The number of carbonyl (C=O) groups excluding carboxylic acids is 1. The standard InChI is InChI=1S/C18H15Cl2NO3/c19-12-2-3-14(13(20)10-12)21-17(22)18(5-6-18)11-1-4-15-16(9-11)24-8-7-23-15/h1-4,9-10H,5-8H2,(H,21,22). The molecule has 1 aliphatic heterocycles. The zero-order valence-corrected chi connectivity index (χ0v) is 14.3. The molecule has 1 N–H and O–H groups in total. The Labute approximate surface area is 149 Å². The maximum absolute atomic E-state index is 12.8. The molecule has 0 radical (unpaired) electrons. The molecule has 0 spiro atoms. The quantitative estimate of drug-likeness (QED) is 0.876. The average molecular weight is 364 g/mol. The van der Waals surface area contributed by atoms with E-state index < -0.39 is 5.41 Å². The summed E-state index contributed by atoms with van der Waals surface area (Å²) in [5.41, 5.74) is 0.975. The molecule has 4 nitrogen and oxygen atoms in total. The van der Waals surface area contributed by atoms with Crippen molar-refractivity contribution in [2.75, 3.05) is 18.5 Å². The van der Waals surface area contributed by atoms with E-state index in [1.165, 1.54) is 0 Å². The highest BCUT2D eigenvalue weighted by Crippen LogP contribution is 2.51. The van der Waals surface area contributed by atoms with Crippen LogP contribution in [0.4, 0.5) is 5.69 Å². The second-order valence-electron chi connectivity index (χ2n) is 6.02. The summed E-state index contributed by atoms with van der Waals surface area (Å²) in [7, 11) is 0. The highest BCUT2D eigenvalue weighted by molar-refractivity contribution is 6.36. The molecule has 0 unspecified atom stereocenters. The fraction of sp³-hybridized carbons (Fsp3) is 0.278. The average Bonchev–Trinajstić information content (AvgIpc) is 3.39. The first-order chi connectivity index (χ1) is 11.6. The lowest BCUT2D eigenvalue weighted by Gasteiger charge is -2.22. The van der Waals surface area contributed by atoms with E-state index in [2.05, 4.69) is 5.32 Å². The van der Waals surface area contributed by atoms with Crippen molar-refractivity contribution in [2.45, 2.75) is 18.3 Å². The van der Waals surface area contributed by atoms with Gasteiger partial charge in [0.05, 0.1) is 16.1 Å². The van der Waals surface area contributed by atoms with E-state index in [0.29, 0.717) is 34.7 Å². The van der Waals surface area contributed by atoms with Gasteiger partial charge in [0.1, 0.15) is 13.2 Å². The Kier molecular flexibility index (Phi) is 3.82. The number of halogens is 2. The molecule has 0 atom stereocenters. The molecule has 2 aliphatic rings. The number of ether oxygens (including phenoxy) is 2. The highest BCUT2D eigenvalue weighted by atomic mass is 35.5. The number of anilines is 1. The van der Waals surface area contributed by atoms with Crippen LogP contribution in [0.15, 0.2) is 36.4 Å². The first-order valence-corrected chi connectivity index (χ1v) is 8.51. The van der Waals surface area contributed by atoms with Gasteiger partial charge in [-0.3, -0.25) is 4.79 Å². The highest BCUT2D eigenvalue weighted by Gasteiger charge is 2.51. The Morgan fingerprint density at radius 3 is 2.46 bits per heavy atom. The summed E-state index contributed by atoms with van der Waals surface area (Å²) in [6.45, 7) is 1.07. The van der Waals surface area contributed by atoms with Gasteiger partial charge in [-0.25, -0.2) is 0 Å². The summed E-state index contributed by atoms with van der Waals surface area (Å²) in [6, 6.07) is 10.7. The Morgan fingerprint density at radius 1 is 1.00 bits per heavy atom. The summed E-state index contributed by atoms with van der Waals surface area (Å²) in [6.07, 6.45) is 1.59. The van der Waals surface area contributed by atoms with Crippen molar-refractivity contribution in [3.8, 4) is 11.5 Å². The number of nitrogens with one attached hydrogen (secondary N) is 1. The van der Waals surface area contributed by atoms with Gasteiger partial charge >= 0.3 is 0 Å². The first-order valence-electron chi connectivity index (χ1n) is 7.75. The van der Waals surface area contributed by atoms with Crippen LogP contribution in [-0.2, 0) is 10.2 Å². The van der Waals surface area contributed by atoms with Crippen molar-refractivity contribution in [2.24, 2.45) is 0 Å². The molecule has 0 bridgehead atoms. The molecule has 0 saturated heterocycles. The van der Waals surface area contributed by atoms with Gasteiger partial charge in [0, 0.05) is 5.02 Å². The molecule has 1 saturated carbocycles. The van der Waals surface area contributed by atoms with Crippen LogP contribution in [0, 0.1) is 0 Å². The van der Waals surface area contributed by atoms with Crippen LogP contribution >= 0.6 is 23.2 Å². The summed E-state index contributed by atoms with van der Waals surface area (Å²) in [5, 5.41) is 3.88. The van der Waals surface area contributed by atoms with Crippen LogP contribution in [0.5, 0.6) is 11.5 Å². The predicted molar refractivity (Wildman–Crippen MR) is 93.4 cm³/mol. The van der Waals surface area contributed by atoms with Crippen molar-refractivity contribution in [1.29, 1.82) is 0 Å². The van der Waals surface area contributed by atoms with E-state index in [9.17, 15) is 4.79 Å². The number of carbonyl (C=O) groups is 1. The molecule has 0 aromatic heterocycles. The lowest BCUT2D eigenvalue weighted by Crippen LogP contribution is -2.28. The molecular weight excluding hydrogens is 349 g/mol. The van der Waals surface area contributed by atoms with Gasteiger partial charge in [0.25, 0.3) is 0 Å². The minimum absolute atomic E-state index is 0.0663. The van der Waals surface area contributed by atoms with Gasteiger partial charge in [0.15, 0.2) is 11.5 Å². The topological polar surface area (TPSA) is 47.6 Å². The van der Waals surface area contributed by atoms with Gasteiger partial charge in [-0.15, -0.1) is 0 Å². The zero-order chi connectivity index (χ0) is 16.7. The number of hydrogen-bond donors (Lipinski definition) is 1. The van der Waals surface area contributed by atoms with Crippen molar-refractivity contribution >= 4 is 34.8 Å². The fourth-order valence-electron chi connectivity index (χ4n) is 2.95. The summed E-state index contributed by atoms with van der Waals surface area (Å²) < 4.78 is 11.2. The Balaban J connectivity index is 1.59. The summed E-state index contributed by atoms with van der Waals surface area (Å²) in [4.78, 5) is 12.8. The molecule has 1 heterocycles. The summed E-state index contributed by atoms with van der Waals surface area (Å²) in [5.74, 6) is 1.35. The Bertz CT molecular complexity index is 818. The van der Waals surface area contributed by atoms with Gasteiger partial charge in [-0.05, 0) is 48.7 Å². The molecular formula is C18H15Cl2NO3. The van der Waals surface area contributed by atoms with Crippen molar-refractivity contribution < 1.29 is 14.3 Å². The van der Waals surface area contributed by atoms with Crippen LogP contribution in [0.2, 0.25) is 10.0 Å². The lowest BCUT2D eigenvalue weighted by atomic mass is 9.94. The van der Waals surface area contributed by atoms with Crippen LogP contribution < -0.4 is 14.8 Å². The molecule has 6 heteroatoms. The van der Waals surface area contributed by atoms with E-state index >= 15 is 0 Å². The van der Waals surface area contributed by atoms with E-state index in [1.54, 1.807) is 18.2 Å². The van der Waals surface area contributed by atoms with Gasteiger partial charge in [-0.2, -0.15) is 0 Å². The molecule has 1 aliphatic carbocycles. The van der Waals surface area contributed by atoms with E-state index in [4.69, 9.17) is 32.7 Å². The molecule has 24 heavy (non-hydrogen) atoms. The fourth-order valence-corrected chi connectivity index (χ4v) is 3.40. The molecule has 2 aromatic rings. The van der Waals surface area contributed by atoms with Crippen LogP contribution in [0.3, 0.4) is 0 Å². The molecule has 124 valence electrons. The van der Waals surface area contributed by atoms with Gasteiger partial charge in [0.2, 0.25) is 5.91 Å². The number of hydrogen-bond acceptors (Lipinski definition) is 3. The SMILES string of the molecule is O=C(Nc1ccc(Cl)cc1Cl)C1(c2ccc3c(c2)OCCO3)CC1. The third kappa shape index (κ3) is 2.70. The van der Waals surface area contributed by atoms with Crippen LogP contribution in [-0.4, -0.2) is 19.1 Å². The van der Waals surface area contributed by atoms with Gasteiger partial charge < -0.3 is 14.8 Å². The monoisotopic (exact) mass is 363 g/mol. The number of rotatable bonds is 3. The van der Waals surface area contributed by atoms with Gasteiger partial charge in [-0.1, -0.05) is 29.3 Å². The maximum Gasteiger partial charge on any atom is 0.235 e. The van der Waals surface area contributed by atoms with Crippen molar-refractivity contribution in [3.63, 3.8) is 0 Å². The first kappa shape index (κ1) is 15.6. The largest absolute Gasteiger partial charge is 0.486 e. The van der Waals surface area contributed by atoms with Crippen molar-refractivity contribution in [1.82, 2.24) is 0 Å². The Morgan fingerprint density at radius 2 is 1.75 bits per heavy atom. The van der Waals surface area contributed by atoms with E-state index in [0.717, 1.165) is 24.2 Å².